The maximum atomic E-state index is 5.99. The third-order valence-corrected chi connectivity index (χ3v) is 2.98. The second-order valence-corrected chi connectivity index (χ2v) is 4.63. The van der Waals surface area contributed by atoms with E-state index in [1.54, 1.807) is 30.6 Å². The van der Waals surface area contributed by atoms with Crippen LogP contribution in [0.15, 0.2) is 30.6 Å². The lowest BCUT2D eigenvalue weighted by atomic mass is 10.0. The van der Waals surface area contributed by atoms with Crippen molar-refractivity contribution in [2.24, 2.45) is 5.84 Å². The van der Waals surface area contributed by atoms with Crippen LogP contribution >= 0.6 is 23.2 Å². The molecule has 1 aromatic heterocycles. The quantitative estimate of drug-likeness (QED) is 0.669. The molecular formula is C12H12Cl2N4O. The number of nitrogens with two attached hydrogens (primary N) is 1. The van der Waals surface area contributed by atoms with Crippen LogP contribution in [0.1, 0.15) is 17.3 Å². The predicted molar refractivity (Wildman–Crippen MR) is 74.2 cm³/mol. The highest BCUT2D eigenvalue weighted by molar-refractivity contribution is 6.34. The minimum absolute atomic E-state index is 0.390. The Morgan fingerprint density at radius 1 is 1.16 bits per heavy atom. The fourth-order valence-corrected chi connectivity index (χ4v) is 2.31. The molecule has 1 aromatic carbocycles. The summed E-state index contributed by atoms with van der Waals surface area (Å²) < 4.78 is 5.17. The van der Waals surface area contributed by atoms with E-state index in [1.807, 2.05) is 0 Å². The topological polar surface area (TPSA) is 73.1 Å². The molecular weight excluding hydrogens is 287 g/mol. The number of rotatable bonds is 4. The molecule has 1 atom stereocenters. The van der Waals surface area contributed by atoms with Gasteiger partial charge in [-0.2, -0.15) is 0 Å². The van der Waals surface area contributed by atoms with Crippen molar-refractivity contribution in [3.8, 4) is 5.88 Å². The zero-order valence-corrected chi connectivity index (χ0v) is 11.6. The highest BCUT2D eigenvalue weighted by Crippen LogP contribution is 2.29. The monoisotopic (exact) mass is 298 g/mol. The number of benzene rings is 1. The lowest BCUT2D eigenvalue weighted by Crippen LogP contribution is -2.30. The average Bonchev–Trinajstić information content (AvgIpc) is 2.39. The molecule has 100 valence electrons. The Bertz CT molecular complexity index is 559. The molecule has 1 unspecified atom stereocenters. The van der Waals surface area contributed by atoms with Gasteiger partial charge in [0.15, 0.2) is 0 Å². The molecule has 0 bridgehead atoms. The maximum absolute atomic E-state index is 5.99. The molecule has 3 N–H and O–H groups in total. The number of aromatic nitrogens is 2. The molecule has 0 fully saturated rings. The summed E-state index contributed by atoms with van der Waals surface area (Å²) in [6.07, 6.45) is 3.11. The van der Waals surface area contributed by atoms with Gasteiger partial charge in [0, 0.05) is 22.4 Å². The van der Waals surface area contributed by atoms with E-state index in [9.17, 15) is 0 Å². The molecule has 0 aliphatic rings. The van der Waals surface area contributed by atoms with Gasteiger partial charge >= 0.3 is 0 Å². The van der Waals surface area contributed by atoms with Crippen LogP contribution in [0.5, 0.6) is 5.88 Å². The van der Waals surface area contributed by atoms with Crippen molar-refractivity contribution in [1.29, 1.82) is 0 Å². The van der Waals surface area contributed by atoms with Crippen molar-refractivity contribution >= 4 is 23.2 Å². The van der Waals surface area contributed by atoms with Crippen molar-refractivity contribution in [3.63, 3.8) is 0 Å². The number of hydrazine groups is 1. The average molecular weight is 299 g/mol. The number of hydrogen-bond acceptors (Lipinski definition) is 5. The summed E-state index contributed by atoms with van der Waals surface area (Å²) in [6, 6.07) is 4.74. The number of nitrogens with zero attached hydrogens (tertiary/aromatic N) is 2. The molecule has 1 heterocycles. The first-order chi connectivity index (χ1) is 9.15. The number of ether oxygens (including phenoxy) is 1. The largest absolute Gasteiger partial charge is 0.480 e. The third kappa shape index (κ3) is 3.13. The van der Waals surface area contributed by atoms with Crippen molar-refractivity contribution in [3.05, 3.63) is 51.9 Å². The van der Waals surface area contributed by atoms with E-state index in [4.69, 9.17) is 33.8 Å². The van der Waals surface area contributed by atoms with Gasteiger partial charge in [0.2, 0.25) is 5.88 Å². The zero-order valence-electron chi connectivity index (χ0n) is 10.1. The highest BCUT2D eigenvalue weighted by Gasteiger charge is 2.20. The Labute approximate surface area is 120 Å². The van der Waals surface area contributed by atoms with Crippen LogP contribution in [-0.2, 0) is 0 Å². The number of halogens is 2. The van der Waals surface area contributed by atoms with Crippen LogP contribution in [0.25, 0.3) is 0 Å². The highest BCUT2D eigenvalue weighted by atomic mass is 35.5. The summed E-state index contributed by atoms with van der Waals surface area (Å²) in [5.41, 5.74) is 4.00. The summed E-state index contributed by atoms with van der Waals surface area (Å²) in [7, 11) is 1.52. The second kappa shape index (κ2) is 6.16. The van der Waals surface area contributed by atoms with E-state index in [0.29, 0.717) is 21.6 Å². The molecule has 5 nitrogen and oxygen atoms in total. The fourth-order valence-electron chi connectivity index (χ4n) is 1.77. The Morgan fingerprint density at radius 2 is 1.79 bits per heavy atom. The van der Waals surface area contributed by atoms with Crippen LogP contribution in [0, 0.1) is 0 Å². The molecule has 2 aromatic rings. The Balaban J connectivity index is 2.49. The Hall–Kier alpha value is -1.40. The standard InChI is InChI=1S/C12H12Cl2N4O/c1-19-12-11(16-2-3-17-12)10(18-15)7-4-8(13)6-9(14)5-7/h2-6,10,18H,15H2,1H3. The van der Waals surface area contributed by atoms with E-state index >= 15 is 0 Å². The van der Waals surface area contributed by atoms with E-state index in [-0.39, 0.29) is 0 Å². The van der Waals surface area contributed by atoms with Gasteiger partial charge in [0.05, 0.1) is 13.2 Å². The van der Waals surface area contributed by atoms with Gasteiger partial charge < -0.3 is 4.74 Å². The molecule has 0 saturated carbocycles. The van der Waals surface area contributed by atoms with Crippen LogP contribution in [0.4, 0.5) is 0 Å². The summed E-state index contributed by atoms with van der Waals surface area (Å²) in [6.45, 7) is 0. The van der Waals surface area contributed by atoms with Crippen LogP contribution < -0.4 is 16.0 Å². The summed E-state index contributed by atoms with van der Waals surface area (Å²) in [5.74, 6) is 5.99. The first kappa shape index (κ1) is 14.0. The first-order valence-electron chi connectivity index (χ1n) is 5.42. The minimum Gasteiger partial charge on any atom is -0.480 e. The fraction of sp³-hybridized carbons (Fsp3) is 0.167. The van der Waals surface area contributed by atoms with Gasteiger partial charge in [0.25, 0.3) is 0 Å². The molecule has 0 aliphatic carbocycles. The Morgan fingerprint density at radius 3 is 2.37 bits per heavy atom. The molecule has 7 heteroatoms. The summed E-state index contributed by atoms with van der Waals surface area (Å²) in [4.78, 5) is 8.33. The number of nitrogens with one attached hydrogen (secondary N) is 1. The lowest BCUT2D eigenvalue weighted by Gasteiger charge is -2.18. The normalized spacial score (nSPS) is 12.2. The van der Waals surface area contributed by atoms with Crippen LogP contribution in [-0.4, -0.2) is 17.1 Å². The van der Waals surface area contributed by atoms with Crippen molar-refractivity contribution in [2.45, 2.75) is 6.04 Å². The van der Waals surface area contributed by atoms with Crippen LogP contribution in [0.3, 0.4) is 0 Å². The van der Waals surface area contributed by atoms with Gasteiger partial charge in [0.1, 0.15) is 5.69 Å². The Kier molecular flexibility index (Phi) is 4.55. The van der Waals surface area contributed by atoms with Crippen molar-refractivity contribution in [1.82, 2.24) is 15.4 Å². The molecule has 0 aliphatic heterocycles. The van der Waals surface area contributed by atoms with Gasteiger partial charge in [-0.25, -0.2) is 10.4 Å². The van der Waals surface area contributed by atoms with Gasteiger partial charge in [-0.05, 0) is 23.8 Å². The molecule has 0 saturated heterocycles. The van der Waals surface area contributed by atoms with E-state index < -0.39 is 6.04 Å². The molecule has 0 radical (unpaired) electrons. The van der Waals surface area contributed by atoms with Crippen molar-refractivity contribution < 1.29 is 4.74 Å². The minimum atomic E-state index is -0.417. The second-order valence-electron chi connectivity index (χ2n) is 3.75. The lowest BCUT2D eigenvalue weighted by molar-refractivity contribution is 0.383. The van der Waals surface area contributed by atoms with E-state index in [1.165, 1.54) is 7.11 Å². The number of methoxy groups -OCH3 is 1. The molecule has 19 heavy (non-hydrogen) atoms. The molecule has 0 amide bonds. The van der Waals surface area contributed by atoms with Gasteiger partial charge in [-0.15, -0.1) is 0 Å². The van der Waals surface area contributed by atoms with Gasteiger partial charge in [-0.3, -0.25) is 10.8 Å². The van der Waals surface area contributed by atoms with E-state index in [2.05, 4.69) is 15.4 Å². The number of hydrogen-bond donors (Lipinski definition) is 2. The van der Waals surface area contributed by atoms with E-state index in [0.717, 1.165) is 5.56 Å². The van der Waals surface area contributed by atoms with Crippen LogP contribution in [0.2, 0.25) is 10.0 Å². The smallest absolute Gasteiger partial charge is 0.237 e. The third-order valence-electron chi connectivity index (χ3n) is 2.54. The predicted octanol–water partition coefficient (Wildman–Crippen LogP) is 2.34. The SMILES string of the molecule is COc1nccnc1C(NN)c1cc(Cl)cc(Cl)c1. The molecule has 0 spiro atoms. The molecule has 2 rings (SSSR count). The summed E-state index contributed by atoms with van der Waals surface area (Å²) >= 11 is 12.0. The zero-order chi connectivity index (χ0) is 13.8. The maximum Gasteiger partial charge on any atom is 0.237 e. The van der Waals surface area contributed by atoms with Gasteiger partial charge in [-0.1, -0.05) is 23.2 Å². The van der Waals surface area contributed by atoms with Crippen molar-refractivity contribution in [2.75, 3.05) is 7.11 Å². The first-order valence-corrected chi connectivity index (χ1v) is 6.18. The summed E-state index contributed by atoms with van der Waals surface area (Å²) in [5, 5.41) is 1.04.